The summed E-state index contributed by atoms with van der Waals surface area (Å²) in [6.45, 7) is 17.8. The molecule has 0 saturated carbocycles. The highest BCUT2D eigenvalue weighted by molar-refractivity contribution is 6.04. The van der Waals surface area contributed by atoms with Crippen molar-refractivity contribution in [3.05, 3.63) is 109 Å². The van der Waals surface area contributed by atoms with Crippen LogP contribution in [0.5, 0.6) is 0 Å². The third-order valence-corrected chi connectivity index (χ3v) is 6.28. The van der Waals surface area contributed by atoms with Gasteiger partial charge in [-0.15, -0.1) is 0 Å². The average molecular weight is 585 g/mol. The van der Waals surface area contributed by atoms with Crippen LogP contribution in [0.1, 0.15) is 60.5 Å². The number of para-hydroxylation sites is 2. The van der Waals surface area contributed by atoms with Gasteiger partial charge in [0, 0.05) is 30.5 Å². The van der Waals surface area contributed by atoms with E-state index >= 15 is 0 Å². The van der Waals surface area contributed by atoms with E-state index in [0.717, 1.165) is 30.8 Å². The number of rotatable bonds is 15. The van der Waals surface area contributed by atoms with Crippen molar-refractivity contribution in [3.63, 3.8) is 0 Å². The Morgan fingerprint density at radius 3 is 2.21 bits per heavy atom. The van der Waals surface area contributed by atoms with E-state index < -0.39 is 5.60 Å². The minimum absolute atomic E-state index is 0.00654. The molecule has 0 saturated heterocycles. The lowest BCUT2D eigenvalue weighted by molar-refractivity contribution is 0.0565. The molecular formula is C34H44N6O3. The zero-order valence-corrected chi connectivity index (χ0v) is 26.2. The standard InChI is InChI=1S/C34H44N6O3/c1-24(41)28-13-11-14-29(21-28)36-25(2)40(20-12-19-39(7)8)23-27-17-18-32(35-22-27)33(42)38-31-16-10-9-15-30(31)37-26(3)43-34(4,5)6/h9-11,13-18,21-22,36-37H,2-3,12,19-20,23H2,1,4-8H3,(H,38,42). The fourth-order valence-electron chi connectivity index (χ4n) is 4.25. The topological polar surface area (TPSA) is 98.8 Å². The van der Waals surface area contributed by atoms with E-state index in [1.807, 2.05) is 77.3 Å². The van der Waals surface area contributed by atoms with Gasteiger partial charge in [0.05, 0.1) is 17.2 Å². The summed E-state index contributed by atoms with van der Waals surface area (Å²) in [7, 11) is 4.09. The maximum absolute atomic E-state index is 13.1. The number of carbonyl (C=O) groups excluding carboxylic acids is 2. The second-order valence-electron chi connectivity index (χ2n) is 11.6. The molecule has 0 aliphatic heterocycles. The summed E-state index contributed by atoms with van der Waals surface area (Å²) in [5.41, 5.74) is 3.49. The Balaban J connectivity index is 1.69. The Kier molecular flexibility index (Phi) is 11.5. The van der Waals surface area contributed by atoms with E-state index in [2.05, 4.69) is 43.9 Å². The van der Waals surface area contributed by atoms with Crippen LogP contribution in [0.4, 0.5) is 17.1 Å². The van der Waals surface area contributed by atoms with Gasteiger partial charge in [-0.25, -0.2) is 0 Å². The number of aromatic nitrogens is 1. The fraction of sp³-hybridized carbons (Fsp3) is 0.324. The number of ether oxygens (including phenoxy) is 1. The molecule has 0 unspecified atom stereocenters. The van der Waals surface area contributed by atoms with E-state index in [-0.39, 0.29) is 11.7 Å². The number of nitrogens with zero attached hydrogens (tertiary/aromatic N) is 3. The summed E-state index contributed by atoms with van der Waals surface area (Å²) in [5.74, 6) is 0.770. The van der Waals surface area contributed by atoms with Crippen molar-refractivity contribution in [2.24, 2.45) is 0 Å². The Morgan fingerprint density at radius 2 is 1.60 bits per heavy atom. The molecule has 9 heteroatoms. The lowest BCUT2D eigenvalue weighted by atomic mass is 10.1. The minimum Gasteiger partial charge on any atom is -0.474 e. The molecule has 0 fully saturated rings. The number of hydrogen-bond donors (Lipinski definition) is 3. The SMILES string of the molecule is C=C(Nc1ccccc1NC(=O)c1ccc(CN(CCCN(C)C)C(=C)Nc2cccc(C(C)=O)c2)cn1)OC(C)(C)C. The molecule has 0 aliphatic rings. The van der Waals surface area contributed by atoms with Crippen molar-refractivity contribution in [1.82, 2.24) is 14.8 Å². The van der Waals surface area contributed by atoms with Gasteiger partial charge in [-0.3, -0.25) is 14.6 Å². The maximum Gasteiger partial charge on any atom is 0.274 e. The highest BCUT2D eigenvalue weighted by Gasteiger charge is 2.16. The first-order chi connectivity index (χ1) is 20.3. The molecule has 1 aromatic heterocycles. The molecule has 3 aromatic rings. The van der Waals surface area contributed by atoms with E-state index in [0.29, 0.717) is 40.9 Å². The first-order valence-corrected chi connectivity index (χ1v) is 14.3. The van der Waals surface area contributed by atoms with E-state index in [9.17, 15) is 9.59 Å². The van der Waals surface area contributed by atoms with Crippen molar-refractivity contribution >= 4 is 28.8 Å². The smallest absolute Gasteiger partial charge is 0.274 e. The van der Waals surface area contributed by atoms with Gasteiger partial charge >= 0.3 is 0 Å². The number of anilines is 3. The van der Waals surface area contributed by atoms with Crippen LogP contribution in [0.3, 0.4) is 0 Å². The number of nitrogens with one attached hydrogen (secondary N) is 3. The lowest BCUT2D eigenvalue weighted by Crippen LogP contribution is -2.29. The van der Waals surface area contributed by atoms with Crippen molar-refractivity contribution in [2.75, 3.05) is 43.1 Å². The summed E-state index contributed by atoms with van der Waals surface area (Å²) >= 11 is 0. The number of hydrogen-bond acceptors (Lipinski definition) is 8. The summed E-state index contributed by atoms with van der Waals surface area (Å²) in [5, 5.41) is 9.39. The van der Waals surface area contributed by atoms with Crippen LogP contribution in [-0.2, 0) is 11.3 Å². The largest absolute Gasteiger partial charge is 0.474 e. The first-order valence-electron chi connectivity index (χ1n) is 14.3. The predicted molar refractivity (Wildman–Crippen MR) is 175 cm³/mol. The zero-order valence-electron chi connectivity index (χ0n) is 26.2. The molecule has 9 nitrogen and oxygen atoms in total. The molecule has 3 N–H and O–H groups in total. The number of Topliss-reactive ketones (excluding diaryl/α,β-unsaturated/α-hetero) is 1. The Hall–Kier alpha value is -4.63. The second-order valence-corrected chi connectivity index (χ2v) is 11.6. The van der Waals surface area contributed by atoms with Gasteiger partial charge in [-0.05, 0) is 97.2 Å². The first kappa shape index (κ1) is 32.9. The van der Waals surface area contributed by atoms with E-state index in [4.69, 9.17) is 4.74 Å². The quantitative estimate of drug-likeness (QED) is 0.136. The molecule has 0 spiro atoms. The predicted octanol–water partition coefficient (Wildman–Crippen LogP) is 6.57. The van der Waals surface area contributed by atoms with Gasteiger partial charge in [-0.2, -0.15) is 0 Å². The van der Waals surface area contributed by atoms with Gasteiger partial charge in [0.15, 0.2) is 11.7 Å². The van der Waals surface area contributed by atoms with Gasteiger partial charge in [0.25, 0.3) is 5.91 Å². The third kappa shape index (κ3) is 10.9. The van der Waals surface area contributed by atoms with E-state index in [1.165, 1.54) is 0 Å². The summed E-state index contributed by atoms with van der Waals surface area (Å²) in [4.78, 5) is 33.6. The van der Waals surface area contributed by atoms with Gasteiger partial charge in [0.1, 0.15) is 11.3 Å². The Bertz CT molecular complexity index is 1430. The average Bonchev–Trinajstić information content (AvgIpc) is 2.92. The van der Waals surface area contributed by atoms with Crippen molar-refractivity contribution in [3.8, 4) is 0 Å². The molecule has 43 heavy (non-hydrogen) atoms. The highest BCUT2D eigenvalue weighted by Crippen LogP contribution is 2.25. The minimum atomic E-state index is -0.404. The third-order valence-electron chi connectivity index (χ3n) is 6.28. The second kappa shape index (κ2) is 15.0. The van der Waals surface area contributed by atoms with Crippen LogP contribution in [0, 0.1) is 0 Å². The molecular weight excluding hydrogens is 540 g/mol. The number of ketones is 1. The molecule has 0 atom stereocenters. The van der Waals surface area contributed by atoms with Crippen LogP contribution in [0.2, 0.25) is 0 Å². The highest BCUT2D eigenvalue weighted by atomic mass is 16.5. The molecule has 0 radical (unpaired) electrons. The maximum atomic E-state index is 13.1. The summed E-state index contributed by atoms with van der Waals surface area (Å²) in [6.07, 6.45) is 2.64. The van der Waals surface area contributed by atoms with Gasteiger partial charge in [0.2, 0.25) is 0 Å². The van der Waals surface area contributed by atoms with Crippen LogP contribution < -0.4 is 16.0 Å². The number of pyridine rings is 1. The molecule has 1 amide bonds. The molecule has 0 bridgehead atoms. The lowest BCUT2D eigenvalue weighted by Gasteiger charge is -2.28. The molecule has 1 heterocycles. The Morgan fingerprint density at radius 1 is 0.907 bits per heavy atom. The number of carbonyl (C=O) groups is 2. The van der Waals surface area contributed by atoms with Crippen LogP contribution in [-0.4, -0.2) is 59.3 Å². The zero-order chi connectivity index (χ0) is 31.6. The monoisotopic (exact) mass is 584 g/mol. The van der Waals surface area contributed by atoms with Crippen molar-refractivity contribution in [1.29, 1.82) is 0 Å². The summed E-state index contributed by atoms with van der Waals surface area (Å²) < 4.78 is 5.77. The van der Waals surface area contributed by atoms with Crippen LogP contribution >= 0.6 is 0 Å². The van der Waals surface area contributed by atoms with Gasteiger partial charge < -0.3 is 30.5 Å². The Labute approximate surface area is 255 Å². The normalized spacial score (nSPS) is 11.0. The number of benzene rings is 2. The molecule has 228 valence electrons. The fourth-order valence-corrected chi connectivity index (χ4v) is 4.25. The number of amides is 1. The van der Waals surface area contributed by atoms with Crippen LogP contribution in [0.15, 0.2) is 91.7 Å². The molecule has 0 aliphatic carbocycles. The van der Waals surface area contributed by atoms with Gasteiger partial charge in [-0.1, -0.05) is 36.9 Å². The molecule has 3 rings (SSSR count). The molecule has 2 aromatic carbocycles. The van der Waals surface area contributed by atoms with Crippen molar-refractivity contribution in [2.45, 2.75) is 46.3 Å². The van der Waals surface area contributed by atoms with Crippen molar-refractivity contribution < 1.29 is 14.3 Å². The van der Waals surface area contributed by atoms with Crippen LogP contribution in [0.25, 0.3) is 0 Å². The summed E-state index contributed by atoms with van der Waals surface area (Å²) in [6, 6.07) is 18.3. The van der Waals surface area contributed by atoms with E-state index in [1.54, 1.807) is 31.3 Å².